The van der Waals surface area contributed by atoms with Crippen LogP contribution in [-0.2, 0) is 19.2 Å². The summed E-state index contributed by atoms with van der Waals surface area (Å²) in [4.78, 5) is 44.5. The Bertz CT molecular complexity index is 432. The van der Waals surface area contributed by atoms with Crippen LogP contribution in [0.1, 0.15) is 12.8 Å². The van der Waals surface area contributed by atoms with Gasteiger partial charge in [-0.05, 0) is 6.42 Å². The number of nitrogens with one attached hydrogen (secondary N) is 2. The third-order valence-corrected chi connectivity index (χ3v) is 3.00. The first-order valence-electron chi connectivity index (χ1n) is 6.25. The van der Waals surface area contributed by atoms with Crippen LogP contribution in [0.5, 0.6) is 0 Å². The third-order valence-electron chi connectivity index (χ3n) is 2.63. The first-order valence-corrected chi connectivity index (χ1v) is 6.88. The Labute approximate surface area is 131 Å². The highest BCUT2D eigenvalue weighted by atomic mass is 32.1. The molecule has 0 aliphatic heterocycles. The molecule has 0 aromatic heterocycles. The maximum atomic E-state index is 11.8. The number of hydrogen-bond donors (Lipinski definition) is 7. The van der Waals surface area contributed by atoms with Crippen LogP contribution in [0, 0.1) is 0 Å². The van der Waals surface area contributed by atoms with Gasteiger partial charge in [0.2, 0.25) is 11.8 Å². The monoisotopic (exact) mass is 337 g/mol. The summed E-state index contributed by atoms with van der Waals surface area (Å²) in [7, 11) is 0. The summed E-state index contributed by atoms with van der Waals surface area (Å²) in [6.07, 6.45) is -0.330. The zero-order valence-electron chi connectivity index (χ0n) is 11.6. The number of hydrogen-bond acceptors (Lipinski definition) is 7. The molecule has 0 saturated heterocycles. The van der Waals surface area contributed by atoms with Crippen molar-refractivity contribution in [2.24, 2.45) is 5.73 Å². The molecule has 0 bridgehead atoms. The SMILES string of the molecule is N[C@@H](CCC(=O)N[C@@H](CS)C(=O)N[C@@H](CO)C(=O)O)C(=O)O. The zero-order chi connectivity index (χ0) is 17.3. The van der Waals surface area contributed by atoms with E-state index >= 15 is 0 Å². The lowest BCUT2D eigenvalue weighted by Gasteiger charge is -2.19. The summed E-state index contributed by atoms with van der Waals surface area (Å²) in [6.45, 7) is -0.804. The minimum absolute atomic E-state index is 0.111. The number of carboxylic acid groups (broad SMARTS) is 2. The van der Waals surface area contributed by atoms with E-state index < -0.39 is 48.5 Å². The van der Waals surface area contributed by atoms with Crippen molar-refractivity contribution >= 4 is 36.4 Å². The van der Waals surface area contributed by atoms with Crippen molar-refractivity contribution in [3.8, 4) is 0 Å². The molecule has 0 radical (unpaired) electrons. The Kier molecular flexibility index (Phi) is 9.13. The standard InChI is InChI=1S/C11H19N3O7S/c12-5(10(18)19)1-2-8(16)13-7(4-22)9(17)14-6(3-15)11(20)21/h5-7,15,22H,1-4,12H2,(H,13,16)(H,14,17)(H,18,19)(H,20,21)/t5-,6-,7-/m0/s1. The molecule has 22 heavy (non-hydrogen) atoms. The highest BCUT2D eigenvalue weighted by Gasteiger charge is 2.25. The second kappa shape index (κ2) is 9.97. The molecule has 7 N–H and O–H groups in total. The maximum absolute atomic E-state index is 11.8. The van der Waals surface area contributed by atoms with Gasteiger partial charge in [-0.15, -0.1) is 0 Å². The Morgan fingerprint density at radius 3 is 2.05 bits per heavy atom. The van der Waals surface area contributed by atoms with Crippen LogP contribution >= 0.6 is 12.6 Å². The van der Waals surface area contributed by atoms with Gasteiger partial charge in [0.15, 0.2) is 0 Å². The number of aliphatic hydroxyl groups excluding tert-OH is 1. The number of aliphatic hydroxyl groups is 1. The maximum Gasteiger partial charge on any atom is 0.328 e. The van der Waals surface area contributed by atoms with Gasteiger partial charge in [-0.2, -0.15) is 12.6 Å². The van der Waals surface area contributed by atoms with Gasteiger partial charge in [-0.25, -0.2) is 4.79 Å². The van der Waals surface area contributed by atoms with Crippen LogP contribution in [0.2, 0.25) is 0 Å². The van der Waals surface area contributed by atoms with Gasteiger partial charge in [0.05, 0.1) is 6.61 Å². The van der Waals surface area contributed by atoms with E-state index in [1.54, 1.807) is 0 Å². The van der Waals surface area contributed by atoms with Gasteiger partial charge in [0, 0.05) is 12.2 Å². The first-order chi connectivity index (χ1) is 10.2. The van der Waals surface area contributed by atoms with Crippen molar-refractivity contribution in [2.75, 3.05) is 12.4 Å². The molecule has 126 valence electrons. The summed E-state index contributed by atoms with van der Waals surface area (Å²) in [5.41, 5.74) is 5.24. The lowest BCUT2D eigenvalue weighted by molar-refractivity contribution is -0.143. The van der Waals surface area contributed by atoms with E-state index in [1.807, 2.05) is 5.32 Å². The van der Waals surface area contributed by atoms with Crippen molar-refractivity contribution in [1.29, 1.82) is 0 Å². The molecular formula is C11H19N3O7S. The molecule has 0 aromatic rings. The van der Waals surface area contributed by atoms with E-state index in [4.69, 9.17) is 21.1 Å². The molecular weight excluding hydrogens is 318 g/mol. The largest absolute Gasteiger partial charge is 0.480 e. The molecule has 0 aliphatic rings. The second-order valence-electron chi connectivity index (χ2n) is 4.37. The van der Waals surface area contributed by atoms with Crippen molar-refractivity contribution in [1.82, 2.24) is 10.6 Å². The number of carbonyl (C=O) groups is 4. The number of aliphatic carboxylic acids is 2. The van der Waals surface area contributed by atoms with Crippen LogP contribution in [0.3, 0.4) is 0 Å². The fourth-order valence-electron chi connectivity index (χ4n) is 1.33. The number of carbonyl (C=O) groups excluding carboxylic acids is 2. The van der Waals surface area contributed by atoms with Crippen LogP contribution in [0.25, 0.3) is 0 Å². The van der Waals surface area contributed by atoms with E-state index in [2.05, 4.69) is 17.9 Å². The smallest absolute Gasteiger partial charge is 0.328 e. The van der Waals surface area contributed by atoms with Crippen molar-refractivity contribution in [3.63, 3.8) is 0 Å². The van der Waals surface area contributed by atoms with Crippen LogP contribution in [0.4, 0.5) is 0 Å². The highest BCUT2D eigenvalue weighted by Crippen LogP contribution is 1.98. The lowest BCUT2D eigenvalue weighted by Crippen LogP contribution is -2.53. The average Bonchev–Trinajstić information content (AvgIpc) is 2.46. The molecule has 0 spiro atoms. The normalized spacial score (nSPS) is 14.5. The van der Waals surface area contributed by atoms with E-state index in [-0.39, 0.29) is 18.6 Å². The second-order valence-corrected chi connectivity index (χ2v) is 4.73. The number of nitrogens with two attached hydrogens (primary N) is 1. The van der Waals surface area contributed by atoms with E-state index in [1.165, 1.54) is 0 Å². The lowest BCUT2D eigenvalue weighted by atomic mass is 10.1. The quantitative estimate of drug-likeness (QED) is 0.208. The summed E-state index contributed by atoms with van der Waals surface area (Å²) in [5.74, 6) is -4.23. The fraction of sp³-hybridized carbons (Fsp3) is 0.636. The average molecular weight is 337 g/mol. The fourth-order valence-corrected chi connectivity index (χ4v) is 1.59. The molecule has 0 aliphatic carbocycles. The molecule has 0 unspecified atom stereocenters. The Balaban J connectivity index is 4.45. The van der Waals surface area contributed by atoms with Gasteiger partial charge in [0.1, 0.15) is 18.1 Å². The van der Waals surface area contributed by atoms with Gasteiger partial charge in [0.25, 0.3) is 0 Å². The number of carboxylic acids is 2. The molecule has 0 rings (SSSR count). The van der Waals surface area contributed by atoms with Gasteiger partial charge in [-0.3, -0.25) is 14.4 Å². The van der Waals surface area contributed by atoms with Crippen molar-refractivity contribution < 1.29 is 34.5 Å². The minimum atomic E-state index is -1.49. The van der Waals surface area contributed by atoms with E-state index in [9.17, 15) is 19.2 Å². The topological polar surface area (TPSA) is 179 Å². The molecule has 3 atom stereocenters. The van der Waals surface area contributed by atoms with E-state index in [0.717, 1.165) is 0 Å². The molecule has 10 nitrogen and oxygen atoms in total. The Morgan fingerprint density at radius 1 is 1.05 bits per heavy atom. The molecule has 11 heteroatoms. The molecule has 0 aromatic carbocycles. The Hall–Kier alpha value is -1.85. The molecule has 0 heterocycles. The number of amides is 2. The number of thiol groups is 1. The summed E-state index contributed by atoms with van der Waals surface area (Å²) < 4.78 is 0. The summed E-state index contributed by atoms with van der Waals surface area (Å²) in [5, 5.41) is 30.4. The van der Waals surface area contributed by atoms with E-state index in [0.29, 0.717) is 0 Å². The summed E-state index contributed by atoms with van der Waals surface area (Å²) >= 11 is 3.87. The summed E-state index contributed by atoms with van der Waals surface area (Å²) in [6, 6.07) is -3.81. The Morgan fingerprint density at radius 2 is 1.64 bits per heavy atom. The van der Waals surface area contributed by atoms with Crippen LogP contribution in [0.15, 0.2) is 0 Å². The van der Waals surface area contributed by atoms with Crippen LogP contribution in [-0.4, -0.2) is 69.6 Å². The third kappa shape index (κ3) is 7.24. The number of rotatable bonds is 10. The highest BCUT2D eigenvalue weighted by molar-refractivity contribution is 7.80. The van der Waals surface area contributed by atoms with Crippen molar-refractivity contribution in [3.05, 3.63) is 0 Å². The van der Waals surface area contributed by atoms with Crippen LogP contribution < -0.4 is 16.4 Å². The zero-order valence-corrected chi connectivity index (χ0v) is 12.5. The van der Waals surface area contributed by atoms with Gasteiger partial charge in [-0.1, -0.05) is 0 Å². The predicted octanol–water partition coefficient (Wildman–Crippen LogP) is -2.85. The molecule has 0 fully saturated rings. The molecule has 0 saturated carbocycles. The minimum Gasteiger partial charge on any atom is -0.480 e. The molecule has 2 amide bonds. The van der Waals surface area contributed by atoms with Gasteiger partial charge >= 0.3 is 11.9 Å². The van der Waals surface area contributed by atoms with Gasteiger partial charge < -0.3 is 31.7 Å². The first kappa shape index (κ1) is 20.1. The predicted molar refractivity (Wildman–Crippen MR) is 77.3 cm³/mol. The van der Waals surface area contributed by atoms with Crippen molar-refractivity contribution in [2.45, 2.75) is 31.0 Å².